The number of hydrogen-bond acceptors (Lipinski definition) is 4. The molecule has 138 valence electrons. The highest BCUT2D eigenvalue weighted by molar-refractivity contribution is 5.80. The zero-order valence-electron chi connectivity index (χ0n) is 15.7. The highest BCUT2D eigenvalue weighted by Gasteiger charge is 2.32. The van der Waals surface area contributed by atoms with Crippen LogP contribution in [0.3, 0.4) is 0 Å². The Morgan fingerprint density at radius 2 is 2.00 bits per heavy atom. The van der Waals surface area contributed by atoms with Gasteiger partial charge in [0.15, 0.2) is 0 Å². The molecule has 1 atom stereocenters. The van der Waals surface area contributed by atoms with E-state index in [2.05, 4.69) is 4.98 Å². The largest absolute Gasteiger partial charge is 0.444 e. The van der Waals surface area contributed by atoms with Crippen molar-refractivity contribution in [2.24, 2.45) is 5.92 Å². The molecule has 1 aromatic heterocycles. The topological polar surface area (TPSA) is 62.7 Å². The van der Waals surface area contributed by atoms with Crippen LogP contribution in [-0.2, 0) is 16.1 Å². The fourth-order valence-corrected chi connectivity index (χ4v) is 2.98. The van der Waals surface area contributed by atoms with Gasteiger partial charge in [0.05, 0.1) is 5.92 Å². The zero-order valence-corrected chi connectivity index (χ0v) is 15.7. The first-order chi connectivity index (χ1) is 11.8. The van der Waals surface area contributed by atoms with Gasteiger partial charge in [-0.2, -0.15) is 0 Å². The van der Waals surface area contributed by atoms with Crippen molar-refractivity contribution in [3.8, 4) is 0 Å². The van der Waals surface area contributed by atoms with E-state index in [1.54, 1.807) is 17.3 Å². The minimum absolute atomic E-state index is 0.104. The van der Waals surface area contributed by atoms with Crippen LogP contribution < -0.4 is 0 Å². The smallest absolute Gasteiger partial charge is 0.410 e. The Kier molecular flexibility index (Phi) is 6.39. The lowest BCUT2D eigenvalue weighted by atomic mass is 9.96. The normalized spacial score (nSPS) is 17.9. The third kappa shape index (κ3) is 5.73. The Balaban J connectivity index is 1.98. The van der Waals surface area contributed by atoms with E-state index < -0.39 is 5.60 Å². The lowest BCUT2D eigenvalue weighted by Gasteiger charge is -2.35. The molecule has 25 heavy (non-hydrogen) atoms. The summed E-state index contributed by atoms with van der Waals surface area (Å²) >= 11 is 0. The second-order valence-corrected chi connectivity index (χ2v) is 7.47. The molecule has 0 saturated carbocycles. The Labute approximate surface area is 150 Å². The quantitative estimate of drug-likeness (QED) is 0.840. The molecule has 1 aliphatic heterocycles. The van der Waals surface area contributed by atoms with Crippen LogP contribution >= 0.6 is 0 Å². The highest BCUT2D eigenvalue weighted by Crippen LogP contribution is 2.22. The standard InChI is InChI=1S/C19H29N3O3/c1-5-21(13-15-8-10-20-11-9-15)17(23)16-7-6-12-22(14-16)18(24)25-19(2,3)4/h8-11,16H,5-7,12-14H2,1-4H3. The second kappa shape index (κ2) is 8.32. The third-order valence-corrected chi connectivity index (χ3v) is 4.24. The molecule has 0 N–H and O–H groups in total. The van der Waals surface area contributed by atoms with Gasteiger partial charge in [-0.25, -0.2) is 4.79 Å². The van der Waals surface area contributed by atoms with Crippen molar-refractivity contribution in [2.75, 3.05) is 19.6 Å². The maximum atomic E-state index is 12.9. The molecule has 0 aromatic carbocycles. The van der Waals surface area contributed by atoms with Crippen molar-refractivity contribution in [1.82, 2.24) is 14.8 Å². The molecule has 1 saturated heterocycles. The van der Waals surface area contributed by atoms with Crippen LogP contribution in [0.1, 0.15) is 46.1 Å². The van der Waals surface area contributed by atoms with Crippen LogP contribution in [0.5, 0.6) is 0 Å². The van der Waals surface area contributed by atoms with Crippen LogP contribution in [0.2, 0.25) is 0 Å². The van der Waals surface area contributed by atoms with Crippen molar-refractivity contribution in [1.29, 1.82) is 0 Å². The van der Waals surface area contributed by atoms with Gasteiger partial charge in [0.2, 0.25) is 5.91 Å². The molecule has 6 nitrogen and oxygen atoms in total. The Bertz CT molecular complexity index is 583. The Morgan fingerprint density at radius 3 is 2.60 bits per heavy atom. The van der Waals surface area contributed by atoms with E-state index >= 15 is 0 Å². The zero-order chi connectivity index (χ0) is 18.4. The molecule has 2 rings (SSSR count). The minimum atomic E-state index is -0.523. The fourth-order valence-electron chi connectivity index (χ4n) is 2.98. The van der Waals surface area contributed by atoms with Crippen molar-refractivity contribution < 1.29 is 14.3 Å². The van der Waals surface area contributed by atoms with Crippen LogP contribution in [0, 0.1) is 5.92 Å². The number of amides is 2. The number of carbonyl (C=O) groups is 2. The number of carbonyl (C=O) groups excluding carboxylic acids is 2. The molecule has 0 bridgehead atoms. The summed E-state index contributed by atoms with van der Waals surface area (Å²) in [6.45, 7) is 9.83. The van der Waals surface area contributed by atoms with Crippen LogP contribution in [0.25, 0.3) is 0 Å². The first-order valence-corrected chi connectivity index (χ1v) is 8.95. The second-order valence-electron chi connectivity index (χ2n) is 7.47. The maximum absolute atomic E-state index is 12.9. The van der Waals surface area contributed by atoms with Gasteiger partial charge >= 0.3 is 6.09 Å². The van der Waals surface area contributed by atoms with Crippen LogP contribution in [0.4, 0.5) is 4.79 Å². The van der Waals surface area contributed by atoms with Gasteiger partial charge in [-0.1, -0.05) is 0 Å². The van der Waals surface area contributed by atoms with E-state index in [9.17, 15) is 9.59 Å². The van der Waals surface area contributed by atoms with Gasteiger partial charge in [0, 0.05) is 38.6 Å². The molecular formula is C19H29N3O3. The van der Waals surface area contributed by atoms with E-state index in [1.807, 2.05) is 44.7 Å². The SMILES string of the molecule is CCN(Cc1ccncc1)C(=O)C1CCCN(C(=O)OC(C)(C)C)C1. The van der Waals surface area contributed by atoms with Gasteiger partial charge in [-0.15, -0.1) is 0 Å². The lowest BCUT2D eigenvalue weighted by molar-refractivity contribution is -0.137. The Hall–Kier alpha value is -2.11. The van der Waals surface area contributed by atoms with E-state index in [0.29, 0.717) is 26.2 Å². The van der Waals surface area contributed by atoms with Crippen molar-refractivity contribution in [2.45, 2.75) is 52.7 Å². The van der Waals surface area contributed by atoms with Gasteiger partial charge in [0.25, 0.3) is 0 Å². The van der Waals surface area contributed by atoms with Gasteiger partial charge in [-0.3, -0.25) is 9.78 Å². The van der Waals surface area contributed by atoms with E-state index in [4.69, 9.17) is 4.74 Å². The number of nitrogens with zero attached hydrogens (tertiary/aromatic N) is 3. The molecule has 1 fully saturated rings. The van der Waals surface area contributed by atoms with Crippen LogP contribution in [0.15, 0.2) is 24.5 Å². The van der Waals surface area contributed by atoms with Crippen molar-refractivity contribution in [3.05, 3.63) is 30.1 Å². The van der Waals surface area contributed by atoms with E-state index in [-0.39, 0.29) is 17.9 Å². The van der Waals surface area contributed by atoms with E-state index in [0.717, 1.165) is 18.4 Å². The number of aromatic nitrogens is 1. The van der Waals surface area contributed by atoms with E-state index in [1.165, 1.54) is 0 Å². The first kappa shape index (κ1) is 19.2. The summed E-state index contributed by atoms with van der Waals surface area (Å²) in [5, 5.41) is 0. The molecule has 6 heteroatoms. The molecule has 1 aromatic rings. The summed E-state index contributed by atoms with van der Waals surface area (Å²) in [5.41, 5.74) is 0.537. The molecule has 2 heterocycles. The van der Waals surface area contributed by atoms with Gasteiger partial charge in [-0.05, 0) is 58.2 Å². The predicted molar refractivity (Wildman–Crippen MR) is 95.9 cm³/mol. The molecule has 1 aliphatic rings. The number of hydrogen-bond donors (Lipinski definition) is 0. The molecule has 2 amide bonds. The summed E-state index contributed by atoms with van der Waals surface area (Å²) in [5.74, 6) is -0.0596. The highest BCUT2D eigenvalue weighted by atomic mass is 16.6. The number of piperidine rings is 1. The Morgan fingerprint density at radius 1 is 1.32 bits per heavy atom. The molecule has 0 radical (unpaired) electrons. The molecule has 0 spiro atoms. The first-order valence-electron chi connectivity index (χ1n) is 8.95. The lowest BCUT2D eigenvalue weighted by Crippen LogP contribution is -2.47. The van der Waals surface area contributed by atoms with Gasteiger partial charge < -0.3 is 14.5 Å². The predicted octanol–water partition coefficient (Wildman–Crippen LogP) is 3.08. The summed E-state index contributed by atoms with van der Waals surface area (Å²) in [4.78, 5) is 32.7. The number of likely N-dealkylation sites (tertiary alicyclic amines) is 1. The third-order valence-electron chi connectivity index (χ3n) is 4.24. The van der Waals surface area contributed by atoms with Crippen molar-refractivity contribution >= 4 is 12.0 Å². The van der Waals surface area contributed by atoms with Gasteiger partial charge in [0.1, 0.15) is 5.60 Å². The summed E-state index contributed by atoms with van der Waals surface area (Å²) in [7, 11) is 0. The summed E-state index contributed by atoms with van der Waals surface area (Å²) < 4.78 is 5.44. The average Bonchev–Trinajstić information content (AvgIpc) is 2.58. The maximum Gasteiger partial charge on any atom is 0.410 e. The molecular weight excluding hydrogens is 318 g/mol. The number of pyridine rings is 1. The number of ether oxygens (including phenoxy) is 1. The van der Waals surface area contributed by atoms with Crippen LogP contribution in [-0.4, -0.2) is 52.0 Å². The molecule has 1 unspecified atom stereocenters. The fraction of sp³-hybridized carbons (Fsp3) is 0.632. The average molecular weight is 347 g/mol. The number of rotatable bonds is 4. The van der Waals surface area contributed by atoms with Crippen molar-refractivity contribution in [3.63, 3.8) is 0 Å². The minimum Gasteiger partial charge on any atom is -0.444 e. The molecule has 0 aliphatic carbocycles. The summed E-state index contributed by atoms with van der Waals surface area (Å²) in [6.07, 6.45) is 4.77. The summed E-state index contributed by atoms with van der Waals surface area (Å²) in [6, 6.07) is 3.84. The monoisotopic (exact) mass is 347 g/mol.